The largest absolute Gasteiger partial charge is 0.298 e. The van der Waals surface area contributed by atoms with Gasteiger partial charge < -0.3 is 0 Å². The second kappa shape index (κ2) is 5.81. The van der Waals surface area contributed by atoms with Gasteiger partial charge in [-0.2, -0.15) is 0 Å². The maximum absolute atomic E-state index is 11.6. The van der Waals surface area contributed by atoms with Crippen LogP contribution < -0.4 is 0 Å². The monoisotopic (exact) mass is 223 g/mol. The molecule has 92 valence electrons. The average molecular weight is 223 g/mol. The van der Waals surface area contributed by atoms with E-state index in [1.54, 1.807) is 0 Å². The van der Waals surface area contributed by atoms with Crippen molar-refractivity contribution in [1.82, 2.24) is 4.90 Å². The minimum absolute atomic E-state index is 0.458. The molecule has 2 heteroatoms. The Bertz CT molecular complexity index is 233. The maximum Gasteiger partial charge on any atom is 0.146 e. The molecule has 0 amide bonds. The van der Waals surface area contributed by atoms with Gasteiger partial charge in [0.2, 0.25) is 0 Å². The molecule has 0 N–H and O–H groups in total. The molecule has 2 fully saturated rings. The molecular weight excluding hydrogens is 198 g/mol. The van der Waals surface area contributed by atoms with Crippen molar-refractivity contribution in [2.75, 3.05) is 13.1 Å². The minimum atomic E-state index is 0.458. The van der Waals surface area contributed by atoms with E-state index in [2.05, 4.69) is 11.8 Å². The van der Waals surface area contributed by atoms with Crippen molar-refractivity contribution in [3.05, 3.63) is 0 Å². The number of carbonyl (C=O) groups excluding carboxylic acids is 1. The Kier molecular flexibility index (Phi) is 4.39. The zero-order valence-electron chi connectivity index (χ0n) is 10.6. The summed E-state index contributed by atoms with van der Waals surface area (Å²) in [6, 6.07) is 0.619. The summed E-state index contributed by atoms with van der Waals surface area (Å²) in [5, 5.41) is 0. The molecule has 0 aromatic carbocycles. The lowest BCUT2D eigenvalue weighted by molar-refractivity contribution is -0.120. The molecule has 2 nitrogen and oxygen atoms in total. The predicted molar refractivity (Wildman–Crippen MR) is 66.5 cm³/mol. The zero-order valence-corrected chi connectivity index (χ0v) is 10.6. The van der Waals surface area contributed by atoms with Crippen LogP contribution >= 0.6 is 0 Å². The van der Waals surface area contributed by atoms with Crippen LogP contribution in [0.1, 0.15) is 58.3 Å². The molecule has 1 saturated carbocycles. The minimum Gasteiger partial charge on any atom is -0.298 e. The molecule has 1 aliphatic heterocycles. The molecule has 2 aliphatic rings. The smallest absolute Gasteiger partial charge is 0.146 e. The van der Waals surface area contributed by atoms with E-state index in [0.29, 0.717) is 11.8 Å². The van der Waals surface area contributed by atoms with Crippen LogP contribution in [0.3, 0.4) is 0 Å². The first-order valence-electron chi connectivity index (χ1n) is 7.01. The van der Waals surface area contributed by atoms with Gasteiger partial charge in [0.15, 0.2) is 0 Å². The Labute approximate surface area is 99.4 Å². The van der Waals surface area contributed by atoms with E-state index in [1.165, 1.54) is 45.1 Å². The Morgan fingerprint density at radius 1 is 1.12 bits per heavy atom. The number of carbonyl (C=O) groups is 1. The van der Waals surface area contributed by atoms with Gasteiger partial charge in [-0.1, -0.05) is 19.3 Å². The van der Waals surface area contributed by atoms with Crippen LogP contribution in [0.4, 0.5) is 0 Å². The van der Waals surface area contributed by atoms with Gasteiger partial charge in [-0.05, 0) is 38.5 Å². The second-order valence-corrected chi connectivity index (χ2v) is 5.71. The van der Waals surface area contributed by atoms with Crippen molar-refractivity contribution in [1.29, 1.82) is 0 Å². The van der Waals surface area contributed by atoms with Gasteiger partial charge in [0.25, 0.3) is 0 Å². The van der Waals surface area contributed by atoms with Crippen LogP contribution in [-0.2, 0) is 4.79 Å². The lowest BCUT2D eigenvalue weighted by atomic mass is 9.88. The zero-order chi connectivity index (χ0) is 11.4. The molecule has 0 unspecified atom stereocenters. The molecule has 0 spiro atoms. The van der Waals surface area contributed by atoms with E-state index >= 15 is 0 Å². The lowest BCUT2D eigenvalue weighted by Gasteiger charge is -2.32. The van der Waals surface area contributed by atoms with Crippen molar-refractivity contribution >= 4 is 5.78 Å². The van der Waals surface area contributed by atoms with Gasteiger partial charge in [0.05, 0.1) is 6.54 Å². The number of nitrogens with zero attached hydrogens (tertiary/aromatic N) is 1. The van der Waals surface area contributed by atoms with Crippen LogP contribution in [-0.4, -0.2) is 29.8 Å². The third kappa shape index (κ3) is 3.31. The van der Waals surface area contributed by atoms with Crippen molar-refractivity contribution in [2.24, 2.45) is 5.92 Å². The number of hydrogen-bond acceptors (Lipinski definition) is 2. The molecule has 1 aliphatic carbocycles. The van der Waals surface area contributed by atoms with Gasteiger partial charge in [0, 0.05) is 19.0 Å². The molecule has 0 bridgehead atoms. The van der Waals surface area contributed by atoms with Gasteiger partial charge in [0.1, 0.15) is 5.78 Å². The standard InChI is InChI=1S/C14H25NO/c1-12-6-5-9-14(16)11-15(12)10-13-7-3-2-4-8-13/h12-13H,2-11H2,1H3/t12-/m1/s1. The van der Waals surface area contributed by atoms with E-state index in [-0.39, 0.29) is 0 Å². The van der Waals surface area contributed by atoms with E-state index in [1.807, 2.05) is 0 Å². The topological polar surface area (TPSA) is 20.3 Å². The van der Waals surface area contributed by atoms with Crippen molar-refractivity contribution in [2.45, 2.75) is 64.3 Å². The maximum atomic E-state index is 11.6. The van der Waals surface area contributed by atoms with Gasteiger partial charge in [-0.15, -0.1) is 0 Å². The van der Waals surface area contributed by atoms with Crippen LogP contribution in [0.5, 0.6) is 0 Å². The van der Waals surface area contributed by atoms with Crippen LogP contribution in [0, 0.1) is 5.92 Å². The summed E-state index contributed by atoms with van der Waals surface area (Å²) in [5.74, 6) is 1.32. The first-order chi connectivity index (χ1) is 7.75. The van der Waals surface area contributed by atoms with E-state index < -0.39 is 0 Å². The number of ketones is 1. The highest BCUT2D eigenvalue weighted by molar-refractivity contribution is 5.80. The second-order valence-electron chi connectivity index (χ2n) is 5.71. The summed E-state index contributed by atoms with van der Waals surface area (Å²) in [7, 11) is 0. The summed E-state index contributed by atoms with van der Waals surface area (Å²) >= 11 is 0. The molecule has 1 heterocycles. The third-order valence-corrected chi connectivity index (χ3v) is 4.30. The Morgan fingerprint density at radius 2 is 1.88 bits per heavy atom. The average Bonchev–Trinajstić information content (AvgIpc) is 2.43. The van der Waals surface area contributed by atoms with Crippen molar-refractivity contribution in [3.63, 3.8) is 0 Å². The highest BCUT2D eigenvalue weighted by atomic mass is 16.1. The molecular formula is C14H25NO. The van der Waals surface area contributed by atoms with Gasteiger partial charge >= 0.3 is 0 Å². The van der Waals surface area contributed by atoms with Crippen LogP contribution in [0.15, 0.2) is 0 Å². The normalized spacial score (nSPS) is 30.3. The van der Waals surface area contributed by atoms with Crippen molar-refractivity contribution < 1.29 is 4.79 Å². The van der Waals surface area contributed by atoms with Crippen LogP contribution in [0.25, 0.3) is 0 Å². The fourth-order valence-electron chi connectivity index (χ4n) is 3.18. The van der Waals surface area contributed by atoms with Gasteiger partial charge in [-0.3, -0.25) is 9.69 Å². The Balaban J connectivity index is 1.87. The first kappa shape index (κ1) is 12.1. The SMILES string of the molecule is C[C@@H]1CCCC(=O)CN1CC1CCCCC1. The predicted octanol–water partition coefficient (Wildman–Crippen LogP) is 3.01. The Hall–Kier alpha value is -0.370. The number of Topliss-reactive ketones (excluding diaryl/α,β-unsaturated/α-hetero) is 1. The number of rotatable bonds is 2. The Morgan fingerprint density at radius 3 is 2.62 bits per heavy atom. The lowest BCUT2D eigenvalue weighted by Crippen LogP contribution is -2.39. The summed E-state index contributed by atoms with van der Waals surface area (Å²) < 4.78 is 0. The third-order valence-electron chi connectivity index (χ3n) is 4.30. The summed E-state index contributed by atoms with van der Waals surface area (Å²) in [5.41, 5.74) is 0. The fourth-order valence-corrected chi connectivity index (χ4v) is 3.18. The van der Waals surface area contributed by atoms with E-state index in [9.17, 15) is 4.79 Å². The summed E-state index contributed by atoms with van der Waals surface area (Å²) in [6.45, 7) is 4.19. The quantitative estimate of drug-likeness (QED) is 0.717. The highest BCUT2D eigenvalue weighted by Gasteiger charge is 2.24. The molecule has 0 radical (unpaired) electrons. The van der Waals surface area contributed by atoms with E-state index in [0.717, 1.165) is 25.3 Å². The molecule has 16 heavy (non-hydrogen) atoms. The molecule has 1 saturated heterocycles. The van der Waals surface area contributed by atoms with Gasteiger partial charge in [-0.25, -0.2) is 0 Å². The molecule has 1 atom stereocenters. The first-order valence-corrected chi connectivity index (χ1v) is 7.01. The molecule has 0 aromatic rings. The highest BCUT2D eigenvalue weighted by Crippen LogP contribution is 2.26. The summed E-state index contributed by atoms with van der Waals surface area (Å²) in [6.07, 6.45) is 10.1. The van der Waals surface area contributed by atoms with Crippen LogP contribution in [0.2, 0.25) is 0 Å². The van der Waals surface area contributed by atoms with Crippen molar-refractivity contribution in [3.8, 4) is 0 Å². The molecule has 2 rings (SSSR count). The number of hydrogen-bond donors (Lipinski definition) is 0. The van der Waals surface area contributed by atoms with E-state index in [4.69, 9.17) is 0 Å². The molecule has 0 aromatic heterocycles. The number of likely N-dealkylation sites (tertiary alicyclic amines) is 1. The fraction of sp³-hybridized carbons (Fsp3) is 0.929. The summed E-state index contributed by atoms with van der Waals surface area (Å²) in [4.78, 5) is 14.1.